The van der Waals surface area contributed by atoms with Gasteiger partial charge in [0.1, 0.15) is 17.9 Å². The number of amides is 2. The van der Waals surface area contributed by atoms with Gasteiger partial charge in [-0.3, -0.25) is 9.59 Å². The number of halogens is 2. The van der Waals surface area contributed by atoms with Gasteiger partial charge in [0.05, 0.1) is 29.4 Å². The van der Waals surface area contributed by atoms with E-state index in [1.165, 1.54) is 20.1 Å². The van der Waals surface area contributed by atoms with E-state index in [4.69, 9.17) is 32.7 Å². The average molecular weight is 395 g/mol. The number of nitrogens with zero attached hydrogens (tertiary/aromatic N) is 1. The van der Waals surface area contributed by atoms with Gasteiger partial charge in [0.25, 0.3) is 5.91 Å². The van der Waals surface area contributed by atoms with Crippen LogP contribution in [0.25, 0.3) is 0 Å². The van der Waals surface area contributed by atoms with E-state index in [1.54, 1.807) is 29.2 Å². The summed E-state index contributed by atoms with van der Waals surface area (Å²) in [7, 11) is 1.41. The van der Waals surface area contributed by atoms with Crippen molar-refractivity contribution >= 4 is 46.4 Å². The van der Waals surface area contributed by atoms with Crippen LogP contribution >= 0.6 is 23.2 Å². The summed E-state index contributed by atoms with van der Waals surface area (Å²) in [4.78, 5) is 26.0. The summed E-state index contributed by atoms with van der Waals surface area (Å²) < 4.78 is 10.8. The molecule has 136 valence electrons. The molecule has 1 aliphatic heterocycles. The van der Waals surface area contributed by atoms with Crippen molar-refractivity contribution in [3.05, 3.63) is 45.9 Å². The monoisotopic (exact) mass is 394 g/mol. The Hall–Kier alpha value is -2.44. The molecule has 1 heterocycles. The molecule has 1 aliphatic rings. The predicted octanol–water partition coefficient (Wildman–Crippen LogP) is 4.00. The second-order valence-electron chi connectivity index (χ2n) is 5.59. The Labute approximate surface area is 160 Å². The summed E-state index contributed by atoms with van der Waals surface area (Å²) in [6, 6.07) is 8.16. The molecule has 3 rings (SSSR count). The first-order valence-corrected chi connectivity index (χ1v) is 8.56. The van der Waals surface area contributed by atoms with Crippen LogP contribution in [0.3, 0.4) is 0 Å². The van der Waals surface area contributed by atoms with E-state index >= 15 is 0 Å². The highest BCUT2D eigenvalue weighted by molar-refractivity contribution is 6.37. The molecule has 0 unspecified atom stereocenters. The van der Waals surface area contributed by atoms with Crippen molar-refractivity contribution in [1.82, 2.24) is 0 Å². The lowest BCUT2D eigenvalue weighted by molar-refractivity contribution is -0.116. The molecule has 0 radical (unpaired) electrons. The maximum Gasteiger partial charge on any atom is 0.261 e. The van der Waals surface area contributed by atoms with Gasteiger partial charge in [-0.05, 0) is 24.3 Å². The molecule has 0 saturated carbocycles. The molecule has 0 aromatic heterocycles. The maximum absolute atomic E-state index is 12.7. The second kappa shape index (κ2) is 7.43. The topological polar surface area (TPSA) is 67.9 Å². The molecule has 8 heteroatoms. The van der Waals surface area contributed by atoms with Crippen LogP contribution in [0.15, 0.2) is 30.3 Å². The van der Waals surface area contributed by atoms with Crippen molar-refractivity contribution in [2.45, 2.75) is 6.92 Å². The van der Waals surface area contributed by atoms with Crippen LogP contribution < -0.4 is 19.7 Å². The Bertz CT molecular complexity index is 886. The van der Waals surface area contributed by atoms with Crippen molar-refractivity contribution in [1.29, 1.82) is 0 Å². The number of hydrogen-bond acceptors (Lipinski definition) is 4. The van der Waals surface area contributed by atoms with Crippen LogP contribution in [0.2, 0.25) is 10.0 Å². The summed E-state index contributed by atoms with van der Waals surface area (Å²) in [6.07, 6.45) is 0. The minimum atomic E-state index is -0.464. The largest absolute Gasteiger partial charge is 0.494 e. The molecule has 0 bridgehead atoms. The Morgan fingerprint density at radius 2 is 1.92 bits per heavy atom. The highest BCUT2D eigenvalue weighted by Gasteiger charge is 2.23. The fourth-order valence-electron chi connectivity index (χ4n) is 2.76. The van der Waals surface area contributed by atoms with Crippen LogP contribution in [-0.4, -0.2) is 32.1 Å². The third-order valence-electron chi connectivity index (χ3n) is 3.95. The number of benzene rings is 2. The van der Waals surface area contributed by atoms with E-state index in [-0.39, 0.29) is 27.3 Å². The molecular formula is C18H16Cl2N2O4. The van der Waals surface area contributed by atoms with E-state index < -0.39 is 5.91 Å². The molecule has 6 nitrogen and oxygen atoms in total. The van der Waals surface area contributed by atoms with Gasteiger partial charge in [0, 0.05) is 18.7 Å². The minimum absolute atomic E-state index is 0.0678. The van der Waals surface area contributed by atoms with Gasteiger partial charge in [0.15, 0.2) is 5.75 Å². The molecule has 0 aliphatic carbocycles. The molecule has 0 saturated heterocycles. The quantitative estimate of drug-likeness (QED) is 0.853. The summed E-state index contributed by atoms with van der Waals surface area (Å²) in [5.74, 6) is 0.192. The van der Waals surface area contributed by atoms with Crippen molar-refractivity contribution < 1.29 is 19.1 Å². The summed E-state index contributed by atoms with van der Waals surface area (Å²) in [6.45, 7) is 2.37. The van der Waals surface area contributed by atoms with E-state index in [0.717, 1.165) is 0 Å². The number of carbonyl (C=O) groups excluding carboxylic acids is 2. The molecule has 0 fully saturated rings. The van der Waals surface area contributed by atoms with Gasteiger partial charge in [-0.2, -0.15) is 0 Å². The number of methoxy groups -OCH3 is 1. The third kappa shape index (κ3) is 3.43. The number of anilines is 2. The van der Waals surface area contributed by atoms with Gasteiger partial charge in [-0.15, -0.1) is 0 Å². The molecule has 2 amide bonds. The highest BCUT2D eigenvalue weighted by Crippen LogP contribution is 2.36. The average Bonchev–Trinajstić information content (AvgIpc) is 2.62. The van der Waals surface area contributed by atoms with Crippen molar-refractivity contribution in [2.24, 2.45) is 0 Å². The van der Waals surface area contributed by atoms with E-state index in [9.17, 15) is 9.59 Å². The zero-order valence-corrected chi connectivity index (χ0v) is 15.6. The molecule has 26 heavy (non-hydrogen) atoms. The second-order valence-corrected chi connectivity index (χ2v) is 6.41. The Morgan fingerprint density at radius 3 is 2.62 bits per heavy atom. The lowest BCUT2D eigenvalue weighted by Crippen LogP contribution is -2.36. The van der Waals surface area contributed by atoms with Crippen LogP contribution in [0.5, 0.6) is 11.5 Å². The first-order chi connectivity index (χ1) is 12.4. The number of nitrogens with one attached hydrogen (secondary N) is 1. The first-order valence-electron chi connectivity index (χ1n) is 7.80. The highest BCUT2D eigenvalue weighted by atomic mass is 35.5. The molecule has 2 aromatic rings. The number of hydrogen-bond donors (Lipinski definition) is 1. The lowest BCUT2D eigenvalue weighted by Gasteiger charge is -2.29. The van der Waals surface area contributed by atoms with E-state index in [0.29, 0.717) is 30.3 Å². The fraction of sp³-hybridized carbons (Fsp3) is 0.222. The van der Waals surface area contributed by atoms with Crippen LogP contribution in [0.4, 0.5) is 11.4 Å². The Kier molecular flexibility index (Phi) is 5.25. The zero-order chi connectivity index (χ0) is 18.8. The Morgan fingerprint density at radius 1 is 1.19 bits per heavy atom. The fourth-order valence-corrected chi connectivity index (χ4v) is 3.23. The SMILES string of the molecule is COc1c(Cl)ccc(Cl)c1C(=O)Nc1ccc2c(c1)OCCN2C(C)=O. The van der Waals surface area contributed by atoms with E-state index in [1.807, 2.05) is 0 Å². The lowest BCUT2D eigenvalue weighted by atomic mass is 10.1. The summed E-state index contributed by atoms with van der Waals surface area (Å²) in [5.41, 5.74) is 1.31. The van der Waals surface area contributed by atoms with Crippen LogP contribution in [-0.2, 0) is 4.79 Å². The summed E-state index contributed by atoms with van der Waals surface area (Å²) in [5, 5.41) is 3.26. The van der Waals surface area contributed by atoms with Gasteiger partial charge in [-0.25, -0.2) is 0 Å². The minimum Gasteiger partial charge on any atom is -0.494 e. The van der Waals surface area contributed by atoms with Gasteiger partial charge in [0.2, 0.25) is 5.91 Å². The normalized spacial score (nSPS) is 12.8. The first kappa shape index (κ1) is 18.4. The molecule has 0 atom stereocenters. The smallest absolute Gasteiger partial charge is 0.261 e. The van der Waals surface area contributed by atoms with Gasteiger partial charge in [-0.1, -0.05) is 23.2 Å². The van der Waals surface area contributed by atoms with Crippen molar-refractivity contribution in [3.8, 4) is 11.5 Å². The molecule has 1 N–H and O–H groups in total. The molecule has 0 spiro atoms. The van der Waals surface area contributed by atoms with Crippen molar-refractivity contribution in [2.75, 3.05) is 30.5 Å². The molecule has 2 aromatic carbocycles. The van der Waals surface area contributed by atoms with Gasteiger partial charge < -0.3 is 19.7 Å². The Balaban J connectivity index is 1.90. The van der Waals surface area contributed by atoms with Crippen LogP contribution in [0.1, 0.15) is 17.3 Å². The van der Waals surface area contributed by atoms with Crippen LogP contribution in [0, 0.1) is 0 Å². The van der Waals surface area contributed by atoms with Gasteiger partial charge >= 0.3 is 0 Å². The summed E-state index contributed by atoms with van der Waals surface area (Å²) >= 11 is 12.2. The number of rotatable bonds is 3. The van der Waals surface area contributed by atoms with Crippen molar-refractivity contribution in [3.63, 3.8) is 0 Å². The standard InChI is InChI=1S/C18H16Cl2N2O4/c1-10(23)22-7-8-26-15-9-11(3-6-14(15)22)21-18(24)16-12(19)4-5-13(20)17(16)25-2/h3-6,9H,7-8H2,1-2H3,(H,21,24). The zero-order valence-electron chi connectivity index (χ0n) is 14.1. The number of ether oxygens (including phenoxy) is 2. The third-order valence-corrected chi connectivity index (χ3v) is 4.56. The van der Waals surface area contributed by atoms with E-state index in [2.05, 4.69) is 5.32 Å². The number of carbonyl (C=O) groups is 2. The number of fused-ring (bicyclic) bond motifs is 1. The maximum atomic E-state index is 12.7. The molecular weight excluding hydrogens is 379 g/mol. The predicted molar refractivity (Wildman–Crippen MR) is 101 cm³/mol.